The Morgan fingerprint density at radius 1 is 0.638 bits per heavy atom. The maximum Gasteiger partial charge on any atom is 0.217 e. The van der Waals surface area contributed by atoms with E-state index >= 15 is 0 Å². The highest BCUT2D eigenvalue weighted by atomic mass is 16.5. The van der Waals surface area contributed by atoms with Crippen molar-refractivity contribution in [3.63, 3.8) is 0 Å². The average molecular weight is 781 g/mol. The summed E-state index contributed by atoms with van der Waals surface area (Å²) < 4.78 is 26.1. The lowest BCUT2D eigenvalue weighted by Gasteiger charge is -2.52. The van der Waals surface area contributed by atoms with E-state index < -0.39 is 0 Å². The van der Waals surface area contributed by atoms with Crippen molar-refractivity contribution in [2.24, 2.45) is 45.7 Å². The van der Waals surface area contributed by atoms with E-state index in [1.807, 2.05) is 36.7 Å². The van der Waals surface area contributed by atoms with Crippen LogP contribution in [0.5, 0.6) is 11.5 Å². The summed E-state index contributed by atoms with van der Waals surface area (Å²) in [5, 5.41) is 12.1. The predicted octanol–water partition coefficient (Wildman–Crippen LogP) is 8.94. The van der Waals surface area contributed by atoms with Crippen molar-refractivity contribution in [2.75, 3.05) is 40.4 Å². The second kappa shape index (κ2) is 15.8. The molecule has 0 N–H and O–H groups in total. The number of methoxy groups -OCH3 is 2. The van der Waals surface area contributed by atoms with E-state index in [1.165, 1.54) is 25.7 Å². The van der Waals surface area contributed by atoms with Gasteiger partial charge in [-0.15, -0.1) is 10.2 Å². The molecule has 302 valence electrons. The number of fused-ring (bicyclic) bond motifs is 9. The van der Waals surface area contributed by atoms with Gasteiger partial charge in [0.25, 0.3) is 0 Å². The van der Waals surface area contributed by atoms with Crippen LogP contribution in [0.3, 0.4) is 0 Å². The van der Waals surface area contributed by atoms with Crippen LogP contribution in [0.15, 0.2) is 95.4 Å². The summed E-state index contributed by atoms with van der Waals surface area (Å²) in [5.41, 5.74) is 4.08. The summed E-state index contributed by atoms with van der Waals surface area (Å²) in [5.74, 6) is 5.37. The molecule has 4 aromatic rings. The second-order valence-electron chi connectivity index (χ2n) is 17.4. The van der Waals surface area contributed by atoms with Crippen molar-refractivity contribution in [3.05, 3.63) is 96.4 Å². The van der Waals surface area contributed by atoms with Gasteiger partial charge >= 0.3 is 0 Å². The van der Waals surface area contributed by atoms with Crippen LogP contribution in [0.4, 0.5) is 0 Å². The third-order valence-corrected chi connectivity index (χ3v) is 14.6. The van der Waals surface area contributed by atoms with E-state index in [-0.39, 0.29) is 36.1 Å². The van der Waals surface area contributed by atoms with Gasteiger partial charge in [-0.05, 0) is 111 Å². The van der Waals surface area contributed by atoms with Crippen LogP contribution in [-0.4, -0.2) is 84.0 Å². The van der Waals surface area contributed by atoms with Gasteiger partial charge < -0.3 is 18.9 Å². The number of pyridine rings is 2. The Kier molecular flexibility index (Phi) is 10.2. The molecule has 0 spiro atoms. The molecule has 6 saturated heterocycles. The standard InChI is InChI=1S/C48H56N6O4/c1-5-29-27-53-21-17-31(29)23-43(53)45(35-15-19-49-41-13-11-33(55-3)25-39(35)41)57-47-37-9-7-8-10-38(37)48(52-51-47)58-46(44-24-32-18-22-54(44)28-30(32)6-2)36-16-20-50-42-14-12-34(56-4)26-40(36)42/h7-16,19-20,25-26,29-32,37-38,43-46H,5-6,17-18,21-24,27-28H2,1-4H3/t29-,30-,31-,32-,37?,38?,43-,44-,45+,46+/m0/s1. The number of aromatic nitrogens is 2. The zero-order valence-electron chi connectivity index (χ0n) is 34.2. The van der Waals surface area contributed by atoms with Crippen molar-refractivity contribution in [3.8, 4) is 11.5 Å². The molecule has 58 heavy (non-hydrogen) atoms. The summed E-state index contributed by atoms with van der Waals surface area (Å²) >= 11 is 0. The molecule has 0 saturated carbocycles. The summed E-state index contributed by atoms with van der Waals surface area (Å²) in [7, 11) is 3.44. The normalized spacial score (nSPS) is 32.0. The number of nitrogens with zero attached hydrogens (tertiary/aromatic N) is 6. The first-order valence-electron chi connectivity index (χ1n) is 21.7. The number of allylic oxidation sites excluding steroid dienone is 2. The van der Waals surface area contributed by atoms with Gasteiger partial charge in [0.2, 0.25) is 11.8 Å². The highest BCUT2D eigenvalue weighted by Crippen LogP contribution is 2.47. The minimum Gasteiger partial charge on any atom is -0.497 e. The number of piperidine rings is 6. The van der Waals surface area contributed by atoms with E-state index in [1.54, 1.807) is 14.2 Å². The molecule has 10 heteroatoms. The van der Waals surface area contributed by atoms with E-state index in [4.69, 9.17) is 39.1 Å². The van der Waals surface area contributed by atoms with Crippen molar-refractivity contribution in [1.29, 1.82) is 0 Å². The zero-order chi connectivity index (χ0) is 39.3. The van der Waals surface area contributed by atoms with Gasteiger partial charge in [0.15, 0.2) is 0 Å². The van der Waals surface area contributed by atoms with Crippen LogP contribution < -0.4 is 9.47 Å². The molecule has 4 unspecified atom stereocenters. The van der Waals surface area contributed by atoms with Gasteiger partial charge in [0, 0.05) is 47.4 Å². The molecule has 2 aromatic carbocycles. The van der Waals surface area contributed by atoms with Crippen LogP contribution in [0.25, 0.3) is 21.8 Å². The molecule has 7 aliphatic heterocycles. The van der Waals surface area contributed by atoms with Crippen LogP contribution in [0, 0.1) is 35.5 Å². The Morgan fingerprint density at radius 3 is 1.50 bits per heavy atom. The molecule has 2 aromatic heterocycles. The fourth-order valence-electron chi connectivity index (χ4n) is 11.4. The third kappa shape index (κ3) is 6.66. The molecular weight excluding hydrogens is 725 g/mol. The Labute approximate surface area is 342 Å². The Bertz CT molecular complexity index is 2130. The number of rotatable bonds is 10. The molecule has 12 rings (SSSR count). The maximum atomic E-state index is 7.35. The second-order valence-corrected chi connectivity index (χ2v) is 17.4. The first-order chi connectivity index (χ1) is 28.5. The van der Waals surface area contributed by atoms with Crippen molar-refractivity contribution in [2.45, 2.75) is 76.7 Å². The van der Waals surface area contributed by atoms with Gasteiger partial charge in [-0.25, -0.2) is 0 Å². The van der Waals surface area contributed by atoms with Crippen molar-refractivity contribution in [1.82, 2.24) is 19.8 Å². The van der Waals surface area contributed by atoms with Gasteiger partial charge in [0.05, 0.1) is 49.2 Å². The van der Waals surface area contributed by atoms with E-state index in [0.717, 1.165) is 95.3 Å². The lowest BCUT2D eigenvalue weighted by molar-refractivity contribution is -0.0556. The molecule has 1 aliphatic carbocycles. The molecule has 9 heterocycles. The number of hydrogen-bond donors (Lipinski definition) is 0. The molecule has 4 bridgehead atoms. The predicted molar refractivity (Wildman–Crippen MR) is 228 cm³/mol. The van der Waals surface area contributed by atoms with E-state index in [9.17, 15) is 0 Å². The summed E-state index contributed by atoms with van der Waals surface area (Å²) in [6.45, 7) is 9.06. The van der Waals surface area contributed by atoms with Crippen molar-refractivity contribution < 1.29 is 18.9 Å². The lowest BCUT2D eigenvalue weighted by Crippen LogP contribution is -2.56. The Balaban J connectivity index is 1.04. The molecule has 10 nitrogen and oxygen atoms in total. The highest BCUT2D eigenvalue weighted by Gasteiger charge is 2.48. The molecule has 12 atom stereocenters. The smallest absolute Gasteiger partial charge is 0.217 e. The van der Waals surface area contributed by atoms with Crippen molar-refractivity contribution >= 4 is 33.6 Å². The number of benzene rings is 2. The Hall–Kier alpha value is -4.80. The van der Waals surface area contributed by atoms with Gasteiger partial charge in [-0.3, -0.25) is 19.8 Å². The van der Waals surface area contributed by atoms with Gasteiger partial charge in [0.1, 0.15) is 23.7 Å². The number of ether oxygens (including phenoxy) is 4. The molecule has 0 amide bonds. The van der Waals surface area contributed by atoms with Crippen LogP contribution >= 0.6 is 0 Å². The van der Waals surface area contributed by atoms with Crippen LogP contribution in [-0.2, 0) is 9.47 Å². The lowest BCUT2D eigenvalue weighted by atomic mass is 9.72. The number of hydrogen-bond acceptors (Lipinski definition) is 10. The third-order valence-electron chi connectivity index (χ3n) is 14.6. The van der Waals surface area contributed by atoms with Gasteiger partial charge in [-0.1, -0.05) is 51.0 Å². The zero-order valence-corrected chi connectivity index (χ0v) is 34.2. The highest BCUT2D eigenvalue weighted by molar-refractivity contribution is 5.94. The monoisotopic (exact) mass is 780 g/mol. The topological polar surface area (TPSA) is 93.9 Å². The molecule has 6 fully saturated rings. The summed E-state index contributed by atoms with van der Waals surface area (Å²) in [6, 6.07) is 16.9. The first-order valence-corrected chi connectivity index (χ1v) is 21.7. The first kappa shape index (κ1) is 37.5. The maximum absolute atomic E-state index is 7.35. The summed E-state index contributed by atoms with van der Waals surface area (Å²) in [6.07, 6.45) is 19.0. The molecule has 8 aliphatic rings. The van der Waals surface area contributed by atoms with E-state index in [2.05, 4.69) is 72.2 Å². The fourth-order valence-corrected chi connectivity index (χ4v) is 11.4. The molecule has 0 radical (unpaired) electrons. The quantitative estimate of drug-likeness (QED) is 0.158. The minimum atomic E-state index is -0.266. The van der Waals surface area contributed by atoms with Crippen LogP contribution in [0.2, 0.25) is 0 Å². The molecular formula is C48H56N6O4. The average Bonchev–Trinajstić information content (AvgIpc) is 3.29. The SMILES string of the molecule is CC[C@H]1CN2CC[C@H]1C[C@H]2[C@H](OC1=NN=C(O[C@H](c2ccnc3ccc(OC)cc23)[C@@H]2C[C@@H]3CCN2C[C@@H]3CC)C2C=CC=CC12)c1ccnc2ccc(OC)cc12. The van der Waals surface area contributed by atoms with Gasteiger partial charge in [-0.2, -0.15) is 0 Å². The minimum absolute atomic E-state index is 0.163. The summed E-state index contributed by atoms with van der Waals surface area (Å²) in [4.78, 5) is 14.9. The fraction of sp³-hybridized carbons (Fsp3) is 0.500. The Morgan fingerprint density at radius 2 is 1.10 bits per heavy atom. The van der Waals surface area contributed by atoms with E-state index in [0.29, 0.717) is 23.6 Å². The van der Waals surface area contributed by atoms with Crippen LogP contribution in [0.1, 0.15) is 75.7 Å². The largest absolute Gasteiger partial charge is 0.497 e.